The molecule has 3 N–H and O–H groups in total. The van der Waals surface area contributed by atoms with E-state index in [2.05, 4.69) is 4.72 Å². The van der Waals surface area contributed by atoms with E-state index < -0.39 is 10.0 Å². The van der Waals surface area contributed by atoms with Gasteiger partial charge in [-0.3, -0.25) is 0 Å². The molecule has 0 amide bonds. The summed E-state index contributed by atoms with van der Waals surface area (Å²) in [5.74, 6) is 0. The van der Waals surface area contributed by atoms with Gasteiger partial charge in [0, 0.05) is 19.8 Å². The van der Waals surface area contributed by atoms with E-state index in [1.807, 2.05) is 13.0 Å². The van der Waals surface area contributed by atoms with Crippen LogP contribution < -0.4 is 10.5 Å². The minimum atomic E-state index is -3.65. The van der Waals surface area contributed by atoms with Gasteiger partial charge in [-0.05, 0) is 31.0 Å². The number of nitrogens with zero attached hydrogens (tertiary/aromatic N) is 1. The monoisotopic (exact) mass is 297 g/mol. The molecule has 0 saturated carbocycles. The van der Waals surface area contributed by atoms with Gasteiger partial charge in [-0.25, -0.2) is 13.1 Å². The average molecular weight is 297 g/mol. The number of ether oxygens (including phenoxy) is 1. The minimum Gasteiger partial charge on any atom is -0.398 e. The van der Waals surface area contributed by atoms with Crippen LogP contribution in [0.25, 0.3) is 0 Å². The first-order valence-corrected chi connectivity index (χ1v) is 7.86. The molecular formula is C13H19N3O3S. The summed E-state index contributed by atoms with van der Waals surface area (Å²) in [5.41, 5.74) is 6.05. The van der Waals surface area contributed by atoms with Crippen LogP contribution in [0.4, 0.5) is 5.69 Å². The van der Waals surface area contributed by atoms with Gasteiger partial charge in [0.15, 0.2) is 0 Å². The Labute approximate surface area is 119 Å². The van der Waals surface area contributed by atoms with Crippen LogP contribution in [0.5, 0.6) is 0 Å². The van der Waals surface area contributed by atoms with Crippen molar-refractivity contribution in [3.8, 4) is 6.07 Å². The molecule has 0 aliphatic carbocycles. The van der Waals surface area contributed by atoms with E-state index in [1.54, 1.807) is 0 Å². The molecule has 1 aromatic carbocycles. The van der Waals surface area contributed by atoms with E-state index in [0.29, 0.717) is 25.2 Å². The summed E-state index contributed by atoms with van der Waals surface area (Å²) < 4.78 is 31.8. The summed E-state index contributed by atoms with van der Waals surface area (Å²) in [5, 5.41) is 8.72. The van der Waals surface area contributed by atoms with E-state index in [9.17, 15) is 8.42 Å². The number of rotatable bonds is 8. The number of benzene rings is 1. The smallest absolute Gasteiger partial charge is 0.242 e. The van der Waals surface area contributed by atoms with Gasteiger partial charge in [-0.15, -0.1) is 0 Å². The van der Waals surface area contributed by atoms with E-state index in [-0.39, 0.29) is 17.1 Å². The van der Waals surface area contributed by atoms with Crippen molar-refractivity contribution in [1.82, 2.24) is 4.72 Å². The maximum atomic E-state index is 12.0. The van der Waals surface area contributed by atoms with Gasteiger partial charge < -0.3 is 10.5 Å². The lowest BCUT2D eigenvalue weighted by Gasteiger charge is -2.09. The van der Waals surface area contributed by atoms with Crippen molar-refractivity contribution in [2.75, 3.05) is 25.5 Å². The lowest BCUT2D eigenvalue weighted by molar-refractivity contribution is 0.133. The average Bonchev–Trinajstić information content (AvgIpc) is 2.42. The van der Waals surface area contributed by atoms with E-state index in [0.717, 1.165) is 6.42 Å². The van der Waals surface area contributed by atoms with E-state index in [1.165, 1.54) is 18.2 Å². The number of hydrogen-bond acceptors (Lipinski definition) is 5. The first kappa shape index (κ1) is 16.4. The van der Waals surface area contributed by atoms with Gasteiger partial charge in [0.2, 0.25) is 10.0 Å². The van der Waals surface area contributed by atoms with E-state index >= 15 is 0 Å². The van der Waals surface area contributed by atoms with Gasteiger partial charge in [0.25, 0.3) is 0 Å². The summed E-state index contributed by atoms with van der Waals surface area (Å²) in [6.45, 7) is 3.48. The van der Waals surface area contributed by atoms with Crippen molar-refractivity contribution in [1.29, 1.82) is 5.26 Å². The molecule has 0 radical (unpaired) electrons. The molecule has 20 heavy (non-hydrogen) atoms. The fourth-order valence-corrected chi connectivity index (χ4v) is 2.75. The molecule has 0 aliphatic rings. The first-order valence-electron chi connectivity index (χ1n) is 6.38. The molecule has 0 aliphatic heterocycles. The van der Waals surface area contributed by atoms with Crippen LogP contribution in [0.2, 0.25) is 0 Å². The normalized spacial score (nSPS) is 11.2. The molecule has 0 unspecified atom stereocenters. The second-order valence-corrected chi connectivity index (χ2v) is 5.96. The zero-order valence-electron chi connectivity index (χ0n) is 11.4. The number of sulfonamides is 1. The lowest BCUT2D eigenvalue weighted by atomic mass is 10.2. The predicted molar refractivity (Wildman–Crippen MR) is 76.5 cm³/mol. The molecule has 1 rings (SSSR count). The first-order chi connectivity index (χ1) is 9.51. The van der Waals surface area contributed by atoms with Crippen molar-refractivity contribution in [2.24, 2.45) is 0 Å². The Morgan fingerprint density at radius 3 is 2.75 bits per heavy atom. The molecule has 0 bridgehead atoms. The summed E-state index contributed by atoms with van der Waals surface area (Å²) in [7, 11) is -3.65. The SMILES string of the molecule is CCCOCCCNS(=O)(=O)c1ccc(C#N)cc1N. The Balaban J connectivity index is 2.59. The zero-order valence-corrected chi connectivity index (χ0v) is 12.2. The second kappa shape index (κ2) is 7.85. The highest BCUT2D eigenvalue weighted by molar-refractivity contribution is 7.89. The molecule has 0 fully saturated rings. The molecule has 0 atom stereocenters. The zero-order chi connectivity index (χ0) is 15.0. The molecule has 0 spiro atoms. The lowest BCUT2D eigenvalue weighted by Crippen LogP contribution is -2.26. The van der Waals surface area contributed by atoms with Crippen LogP contribution in [0.3, 0.4) is 0 Å². The third-order valence-corrected chi connectivity index (χ3v) is 4.07. The van der Waals surface area contributed by atoms with Crippen molar-refractivity contribution >= 4 is 15.7 Å². The van der Waals surface area contributed by atoms with E-state index in [4.69, 9.17) is 15.7 Å². The van der Waals surface area contributed by atoms with Crippen LogP contribution in [-0.4, -0.2) is 28.2 Å². The van der Waals surface area contributed by atoms with Gasteiger partial charge in [0.1, 0.15) is 4.90 Å². The fraction of sp³-hybridized carbons (Fsp3) is 0.462. The maximum Gasteiger partial charge on any atom is 0.242 e. The number of nitriles is 1. The summed E-state index contributed by atoms with van der Waals surface area (Å²) in [4.78, 5) is -0.00836. The van der Waals surface area contributed by atoms with Crippen molar-refractivity contribution < 1.29 is 13.2 Å². The summed E-state index contributed by atoms with van der Waals surface area (Å²) in [6, 6.07) is 6.02. The highest BCUT2D eigenvalue weighted by Crippen LogP contribution is 2.19. The van der Waals surface area contributed by atoms with Crippen molar-refractivity contribution in [2.45, 2.75) is 24.7 Å². The van der Waals surface area contributed by atoms with Crippen LogP contribution >= 0.6 is 0 Å². The van der Waals surface area contributed by atoms with Crippen LogP contribution in [0.15, 0.2) is 23.1 Å². The third-order valence-electron chi connectivity index (χ3n) is 2.53. The molecule has 1 aromatic rings. The number of nitrogens with one attached hydrogen (secondary N) is 1. The van der Waals surface area contributed by atoms with Gasteiger partial charge in [0.05, 0.1) is 17.3 Å². The number of anilines is 1. The number of nitrogen functional groups attached to an aromatic ring is 1. The Morgan fingerprint density at radius 2 is 2.15 bits per heavy atom. The van der Waals surface area contributed by atoms with Crippen LogP contribution in [0.1, 0.15) is 25.3 Å². The van der Waals surface area contributed by atoms with Gasteiger partial charge in [-0.1, -0.05) is 6.92 Å². The largest absolute Gasteiger partial charge is 0.398 e. The molecule has 7 heteroatoms. The highest BCUT2D eigenvalue weighted by atomic mass is 32.2. The third kappa shape index (κ3) is 4.81. The molecular weight excluding hydrogens is 278 g/mol. The standard InChI is InChI=1S/C13H19N3O3S/c1-2-7-19-8-3-6-16-20(17,18)13-5-4-11(10-14)9-12(13)15/h4-5,9,16H,2-3,6-8,15H2,1H3. The van der Waals surface area contributed by atoms with Gasteiger partial charge in [-0.2, -0.15) is 5.26 Å². The van der Waals surface area contributed by atoms with Crippen LogP contribution in [0, 0.1) is 11.3 Å². The molecule has 0 saturated heterocycles. The number of nitrogens with two attached hydrogens (primary N) is 1. The minimum absolute atomic E-state index is 0.00836. The fourth-order valence-electron chi connectivity index (χ4n) is 1.57. The maximum absolute atomic E-state index is 12.0. The van der Waals surface area contributed by atoms with Crippen molar-refractivity contribution in [3.63, 3.8) is 0 Å². The number of hydrogen-bond donors (Lipinski definition) is 2. The Kier molecular flexibility index (Phi) is 6.45. The van der Waals surface area contributed by atoms with Crippen molar-refractivity contribution in [3.05, 3.63) is 23.8 Å². The van der Waals surface area contributed by atoms with Crippen LogP contribution in [-0.2, 0) is 14.8 Å². The molecule has 0 aromatic heterocycles. The highest BCUT2D eigenvalue weighted by Gasteiger charge is 2.16. The second-order valence-electron chi connectivity index (χ2n) is 4.23. The quantitative estimate of drug-likeness (QED) is 0.554. The summed E-state index contributed by atoms with van der Waals surface area (Å²) in [6.07, 6.45) is 1.53. The molecule has 0 heterocycles. The predicted octanol–water partition coefficient (Wildman–Crippen LogP) is 1.24. The van der Waals surface area contributed by atoms with Gasteiger partial charge >= 0.3 is 0 Å². The molecule has 6 nitrogen and oxygen atoms in total. The molecule has 110 valence electrons. The Hall–Kier alpha value is -1.62. The topological polar surface area (TPSA) is 105 Å². The Morgan fingerprint density at radius 1 is 1.40 bits per heavy atom. The Bertz CT molecular complexity index is 579. The summed E-state index contributed by atoms with van der Waals surface area (Å²) >= 11 is 0.